The van der Waals surface area contributed by atoms with Crippen LogP contribution in [0.15, 0.2) is 29.3 Å². The van der Waals surface area contributed by atoms with E-state index in [-0.39, 0.29) is 31.1 Å². The lowest BCUT2D eigenvalue weighted by Gasteiger charge is -2.18. The molecule has 1 aliphatic heterocycles. The van der Waals surface area contributed by atoms with Crippen LogP contribution in [0.4, 0.5) is 4.79 Å². The van der Waals surface area contributed by atoms with E-state index in [1.54, 1.807) is 6.07 Å². The second-order valence-electron chi connectivity index (χ2n) is 5.93. The molecule has 1 aliphatic rings. The summed E-state index contributed by atoms with van der Waals surface area (Å²) in [5, 5.41) is 9.33. The van der Waals surface area contributed by atoms with Crippen molar-refractivity contribution in [2.75, 3.05) is 32.7 Å². The van der Waals surface area contributed by atoms with Gasteiger partial charge in [-0.25, -0.2) is 9.79 Å². The van der Waals surface area contributed by atoms with Gasteiger partial charge in [-0.3, -0.25) is 9.69 Å². The lowest BCUT2D eigenvalue weighted by molar-refractivity contribution is -0.124. The number of benzene rings is 1. The van der Waals surface area contributed by atoms with Crippen LogP contribution < -0.4 is 20.7 Å². The summed E-state index contributed by atoms with van der Waals surface area (Å²) in [7, 11) is 0. The van der Waals surface area contributed by atoms with Crippen molar-refractivity contribution in [1.82, 2.24) is 20.9 Å². The first-order valence-electron chi connectivity index (χ1n) is 9.06. The monoisotopic (exact) mass is 395 g/mol. The molecule has 9 heteroatoms. The summed E-state index contributed by atoms with van der Waals surface area (Å²) < 4.78 is 5.94. The van der Waals surface area contributed by atoms with Crippen molar-refractivity contribution in [3.05, 3.63) is 29.3 Å². The SMILES string of the molecule is CCNC(=NCC(CC)Oc1ccccc1Cl)NCCN1C(=O)CNC1=O. The number of urea groups is 1. The predicted octanol–water partition coefficient (Wildman–Crippen LogP) is 1.60. The topological polar surface area (TPSA) is 95.1 Å². The van der Waals surface area contributed by atoms with Crippen molar-refractivity contribution < 1.29 is 14.3 Å². The molecular formula is C18H26ClN5O3. The van der Waals surface area contributed by atoms with Gasteiger partial charge in [0.1, 0.15) is 11.9 Å². The number of hydrogen-bond donors (Lipinski definition) is 3. The van der Waals surface area contributed by atoms with Crippen molar-refractivity contribution >= 4 is 29.5 Å². The number of hydrogen-bond acceptors (Lipinski definition) is 4. The zero-order chi connectivity index (χ0) is 19.6. The average Bonchev–Trinajstić information content (AvgIpc) is 2.98. The number of guanidine groups is 1. The summed E-state index contributed by atoms with van der Waals surface area (Å²) in [4.78, 5) is 28.8. The van der Waals surface area contributed by atoms with Crippen LogP contribution in [0, 0.1) is 0 Å². The standard InChI is InChI=1S/C18H26ClN5O3/c1-3-13(27-15-8-6-5-7-14(15)19)11-22-17(20-4-2)21-9-10-24-16(25)12-23-18(24)26/h5-8,13H,3-4,9-12H2,1-2H3,(H,23,26)(H2,20,21,22). The van der Waals surface area contributed by atoms with Gasteiger partial charge in [0.25, 0.3) is 0 Å². The number of rotatable bonds is 9. The van der Waals surface area contributed by atoms with Crippen LogP contribution in [0.3, 0.4) is 0 Å². The predicted molar refractivity (Wildman–Crippen MR) is 105 cm³/mol. The van der Waals surface area contributed by atoms with Gasteiger partial charge in [0.05, 0.1) is 18.1 Å². The largest absolute Gasteiger partial charge is 0.487 e. The van der Waals surface area contributed by atoms with Crippen molar-refractivity contribution in [3.8, 4) is 5.75 Å². The molecule has 8 nitrogen and oxygen atoms in total. The summed E-state index contributed by atoms with van der Waals surface area (Å²) in [6, 6.07) is 6.98. The molecule has 2 rings (SSSR count). The maximum Gasteiger partial charge on any atom is 0.324 e. The highest BCUT2D eigenvalue weighted by atomic mass is 35.5. The zero-order valence-electron chi connectivity index (χ0n) is 15.6. The van der Waals surface area contributed by atoms with E-state index >= 15 is 0 Å². The molecule has 3 amide bonds. The first-order valence-corrected chi connectivity index (χ1v) is 9.44. The van der Waals surface area contributed by atoms with E-state index in [0.717, 1.165) is 6.42 Å². The molecule has 0 saturated carbocycles. The van der Waals surface area contributed by atoms with E-state index in [2.05, 4.69) is 20.9 Å². The number of halogens is 1. The number of amides is 3. The van der Waals surface area contributed by atoms with Crippen molar-refractivity contribution in [2.24, 2.45) is 4.99 Å². The number of nitrogens with one attached hydrogen (secondary N) is 3. The van der Waals surface area contributed by atoms with Gasteiger partial charge in [0, 0.05) is 19.6 Å². The number of ether oxygens (including phenoxy) is 1. The molecule has 27 heavy (non-hydrogen) atoms. The number of imide groups is 1. The van der Waals surface area contributed by atoms with Crippen LogP contribution in [-0.2, 0) is 4.79 Å². The Labute approximate surface area is 164 Å². The third kappa shape index (κ3) is 6.32. The molecule has 1 heterocycles. The van der Waals surface area contributed by atoms with Gasteiger partial charge in [-0.1, -0.05) is 30.7 Å². The molecule has 1 atom stereocenters. The summed E-state index contributed by atoms with van der Waals surface area (Å²) in [6.07, 6.45) is 0.655. The number of aliphatic imine (C=N–C) groups is 1. The molecule has 1 aromatic carbocycles. The van der Waals surface area contributed by atoms with E-state index < -0.39 is 0 Å². The minimum absolute atomic E-state index is 0.0601. The van der Waals surface area contributed by atoms with Gasteiger partial charge in [-0.05, 0) is 25.5 Å². The minimum atomic E-state index is -0.358. The molecule has 148 valence electrons. The lowest BCUT2D eigenvalue weighted by atomic mass is 10.2. The highest BCUT2D eigenvalue weighted by Gasteiger charge is 2.27. The molecular weight excluding hydrogens is 370 g/mol. The fourth-order valence-corrected chi connectivity index (χ4v) is 2.65. The lowest BCUT2D eigenvalue weighted by Crippen LogP contribution is -2.43. The van der Waals surface area contributed by atoms with E-state index in [0.29, 0.717) is 36.4 Å². The highest BCUT2D eigenvalue weighted by Crippen LogP contribution is 2.24. The van der Waals surface area contributed by atoms with Crippen LogP contribution in [0.5, 0.6) is 5.75 Å². The molecule has 0 spiro atoms. The Hall–Kier alpha value is -2.48. The third-order valence-electron chi connectivity index (χ3n) is 3.95. The molecule has 0 radical (unpaired) electrons. The second-order valence-corrected chi connectivity index (χ2v) is 6.34. The fourth-order valence-electron chi connectivity index (χ4n) is 2.47. The van der Waals surface area contributed by atoms with Gasteiger partial charge < -0.3 is 20.7 Å². The minimum Gasteiger partial charge on any atom is -0.487 e. The van der Waals surface area contributed by atoms with E-state index in [1.807, 2.05) is 32.0 Å². The Bertz CT molecular complexity index is 667. The maximum atomic E-state index is 11.6. The van der Waals surface area contributed by atoms with Gasteiger partial charge in [0.15, 0.2) is 5.96 Å². The van der Waals surface area contributed by atoms with Gasteiger partial charge in [-0.2, -0.15) is 0 Å². The normalized spacial score (nSPS) is 15.5. The van der Waals surface area contributed by atoms with Crippen LogP contribution in [0.25, 0.3) is 0 Å². The molecule has 1 fully saturated rings. The first-order chi connectivity index (χ1) is 13.0. The van der Waals surface area contributed by atoms with Gasteiger partial charge >= 0.3 is 6.03 Å². The van der Waals surface area contributed by atoms with Gasteiger partial charge in [0.2, 0.25) is 5.91 Å². The molecule has 0 aliphatic carbocycles. The molecule has 0 aromatic heterocycles. The molecule has 1 saturated heterocycles. The smallest absolute Gasteiger partial charge is 0.324 e. The Morgan fingerprint density at radius 3 is 2.74 bits per heavy atom. The van der Waals surface area contributed by atoms with E-state index in [4.69, 9.17) is 16.3 Å². The number of carbonyl (C=O) groups excluding carboxylic acids is 2. The summed E-state index contributed by atoms with van der Waals surface area (Å²) in [5.74, 6) is 1.02. The van der Waals surface area contributed by atoms with Crippen molar-refractivity contribution in [3.63, 3.8) is 0 Å². The molecule has 1 unspecified atom stereocenters. The first kappa shape index (κ1) is 20.8. The highest BCUT2D eigenvalue weighted by molar-refractivity contribution is 6.32. The Morgan fingerprint density at radius 2 is 2.11 bits per heavy atom. The Morgan fingerprint density at radius 1 is 1.33 bits per heavy atom. The van der Waals surface area contributed by atoms with Crippen LogP contribution in [0.1, 0.15) is 20.3 Å². The average molecular weight is 396 g/mol. The number of para-hydroxylation sites is 1. The molecule has 1 aromatic rings. The molecule has 3 N–H and O–H groups in total. The fraction of sp³-hybridized carbons (Fsp3) is 0.500. The van der Waals surface area contributed by atoms with E-state index in [1.165, 1.54) is 4.90 Å². The number of nitrogens with zero attached hydrogens (tertiary/aromatic N) is 2. The summed E-state index contributed by atoms with van der Waals surface area (Å²) in [5.41, 5.74) is 0. The summed E-state index contributed by atoms with van der Waals surface area (Å²) in [6.45, 7) is 5.87. The van der Waals surface area contributed by atoms with Crippen LogP contribution in [0.2, 0.25) is 5.02 Å². The van der Waals surface area contributed by atoms with Gasteiger partial charge in [-0.15, -0.1) is 0 Å². The quantitative estimate of drug-likeness (QED) is 0.335. The zero-order valence-corrected chi connectivity index (χ0v) is 16.4. The van der Waals surface area contributed by atoms with Crippen LogP contribution >= 0.6 is 11.6 Å². The Kier molecular flexibility index (Phi) is 8.19. The Balaban J connectivity index is 1.87. The van der Waals surface area contributed by atoms with E-state index in [9.17, 15) is 9.59 Å². The third-order valence-corrected chi connectivity index (χ3v) is 4.26. The van der Waals surface area contributed by atoms with Crippen molar-refractivity contribution in [2.45, 2.75) is 26.4 Å². The van der Waals surface area contributed by atoms with Crippen molar-refractivity contribution in [1.29, 1.82) is 0 Å². The maximum absolute atomic E-state index is 11.6. The second kappa shape index (κ2) is 10.6. The molecule has 0 bridgehead atoms. The summed E-state index contributed by atoms with van der Waals surface area (Å²) >= 11 is 6.14. The van der Waals surface area contributed by atoms with Crippen LogP contribution in [-0.4, -0.2) is 61.6 Å². The number of carbonyl (C=O) groups is 2.